The number of rotatable bonds is 9. The van der Waals surface area contributed by atoms with E-state index >= 15 is 0 Å². The van der Waals surface area contributed by atoms with Crippen LogP contribution in [0.1, 0.15) is 26.2 Å². The number of nitrogens with zero attached hydrogens (tertiary/aromatic N) is 2. The van der Waals surface area contributed by atoms with E-state index in [4.69, 9.17) is 34.8 Å². The Morgan fingerprint density at radius 2 is 1.58 bits per heavy atom. The van der Waals surface area contributed by atoms with Crippen LogP contribution >= 0.6 is 34.8 Å². The Bertz CT molecular complexity index is 1160. The van der Waals surface area contributed by atoms with Crippen LogP contribution in [0.25, 0.3) is 0 Å². The summed E-state index contributed by atoms with van der Waals surface area (Å²) in [6.45, 7) is 3.72. The first kappa shape index (κ1) is 26.6. The zero-order valence-corrected chi connectivity index (χ0v) is 22.2. The molecule has 1 atom stereocenters. The minimum atomic E-state index is -3.93. The van der Waals surface area contributed by atoms with Gasteiger partial charge >= 0.3 is 0 Å². The fourth-order valence-electron chi connectivity index (χ4n) is 3.84. The highest BCUT2D eigenvalue weighted by atomic mass is 35.5. The van der Waals surface area contributed by atoms with E-state index in [1.165, 1.54) is 28.6 Å². The third-order valence-electron chi connectivity index (χ3n) is 5.70. The van der Waals surface area contributed by atoms with Gasteiger partial charge in [-0.1, -0.05) is 41.2 Å². The molecule has 1 aliphatic rings. The van der Waals surface area contributed by atoms with Gasteiger partial charge in [-0.2, -0.15) is 0 Å². The Hall–Kier alpha value is -1.03. The first-order valence-electron chi connectivity index (χ1n) is 10.7. The number of unbranched alkanes of at least 4 members (excludes halogenated alkanes) is 1. The summed E-state index contributed by atoms with van der Waals surface area (Å²) in [4.78, 5) is 2.26. The average Bonchev–Trinajstić information content (AvgIpc) is 2.75. The molecule has 2 aromatic carbocycles. The van der Waals surface area contributed by atoms with Crippen molar-refractivity contribution >= 4 is 60.4 Å². The van der Waals surface area contributed by atoms with E-state index < -0.39 is 19.9 Å². The molecule has 0 N–H and O–H groups in total. The lowest BCUT2D eigenvalue weighted by atomic mass is 10.1. The van der Waals surface area contributed by atoms with Gasteiger partial charge in [-0.05, 0) is 68.8 Å². The van der Waals surface area contributed by atoms with Crippen molar-refractivity contribution in [2.45, 2.75) is 37.1 Å². The highest BCUT2D eigenvalue weighted by Crippen LogP contribution is 2.35. The zero-order valence-electron chi connectivity index (χ0n) is 18.3. The molecule has 6 nitrogen and oxygen atoms in total. The van der Waals surface area contributed by atoms with E-state index in [2.05, 4.69) is 4.90 Å². The first-order chi connectivity index (χ1) is 15.5. The third-order valence-corrected chi connectivity index (χ3v) is 10.1. The van der Waals surface area contributed by atoms with Crippen LogP contribution in [-0.2, 0) is 19.9 Å². The molecule has 3 rings (SSSR count). The maximum Gasteiger partial charge on any atom is 0.264 e. The van der Waals surface area contributed by atoms with E-state index in [0.717, 1.165) is 19.4 Å². The fraction of sp³-hybridized carbons (Fsp3) is 0.455. The summed E-state index contributed by atoms with van der Waals surface area (Å²) in [6, 6.07) is 10.4. The summed E-state index contributed by atoms with van der Waals surface area (Å²) >= 11 is 18.5. The number of anilines is 1. The van der Waals surface area contributed by atoms with Gasteiger partial charge in [0.05, 0.1) is 27.1 Å². The van der Waals surface area contributed by atoms with Crippen molar-refractivity contribution in [1.29, 1.82) is 0 Å². The van der Waals surface area contributed by atoms with E-state index in [9.17, 15) is 16.8 Å². The first-order valence-corrected chi connectivity index (χ1v) is 15.1. The SMILES string of the molecule is CC(CCCCN1CCS(=O)(=O)CC1)N(c1cc(Cl)ccc1Cl)S(=O)(=O)c1ccc(Cl)cc1. The second-order valence-corrected chi connectivity index (χ2v) is 13.6. The molecule has 1 aliphatic heterocycles. The normalized spacial score (nSPS) is 17.6. The lowest BCUT2D eigenvalue weighted by Gasteiger charge is -2.32. The van der Waals surface area contributed by atoms with E-state index in [-0.39, 0.29) is 22.4 Å². The molecule has 0 spiro atoms. The van der Waals surface area contributed by atoms with Gasteiger partial charge in [-0.25, -0.2) is 16.8 Å². The number of hydrogen-bond acceptors (Lipinski definition) is 5. The van der Waals surface area contributed by atoms with Crippen LogP contribution in [0.15, 0.2) is 47.4 Å². The standard InChI is InChI=1S/C22H27Cl3N2O4S2/c1-17(4-2-3-11-26-12-14-32(28,29)15-13-26)27(22-16-19(24)7-10-21(22)25)33(30,31)20-8-5-18(23)6-9-20/h5-10,16-17H,2-4,11-15H2,1H3. The predicted molar refractivity (Wildman–Crippen MR) is 136 cm³/mol. The van der Waals surface area contributed by atoms with Crippen LogP contribution in [0.3, 0.4) is 0 Å². The van der Waals surface area contributed by atoms with Gasteiger partial charge in [0.15, 0.2) is 9.84 Å². The molecule has 1 unspecified atom stereocenters. The van der Waals surface area contributed by atoms with Crippen LogP contribution in [0, 0.1) is 0 Å². The molecule has 0 bridgehead atoms. The van der Waals surface area contributed by atoms with Gasteiger partial charge in [0.1, 0.15) is 0 Å². The van der Waals surface area contributed by atoms with Crippen molar-refractivity contribution in [3.8, 4) is 0 Å². The third kappa shape index (κ3) is 6.99. The van der Waals surface area contributed by atoms with Crippen LogP contribution in [-0.4, -0.2) is 58.9 Å². The molecule has 1 heterocycles. The molecule has 1 saturated heterocycles. The zero-order chi connectivity index (χ0) is 24.2. The highest BCUT2D eigenvalue weighted by Gasteiger charge is 2.31. The van der Waals surface area contributed by atoms with E-state index in [0.29, 0.717) is 40.3 Å². The Labute approximate surface area is 211 Å². The molecule has 33 heavy (non-hydrogen) atoms. The van der Waals surface area contributed by atoms with Gasteiger partial charge in [-0.15, -0.1) is 0 Å². The van der Waals surface area contributed by atoms with Crippen molar-refractivity contribution in [2.24, 2.45) is 0 Å². The van der Waals surface area contributed by atoms with Gasteiger partial charge in [-0.3, -0.25) is 4.31 Å². The van der Waals surface area contributed by atoms with E-state index in [1.807, 2.05) is 6.92 Å². The summed E-state index contributed by atoms with van der Waals surface area (Å²) < 4.78 is 51.7. The molecule has 2 aromatic rings. The summed E-state index contributed by atoms with van der Waals surface area (Å²) in [7, 11) is -6.83. The summed E-state index contributed by atoms with van der Waals surface area (Å²) in [5.74, 6) is 0.396. The molecule has 0 saturated carbocycles. The van der Waals surface area contributed by atoms with Crippen LogP contribution in [0.2, 0.25) is 15.1 Å². The van der Waals surface area contributed by atoms with Gasteiger partial charge in [0.2, 0.25) is 0 Å². The second-order valence-electron chi connectivity index (χ2n) is 8.19. The largest absolute Gasteiger partial charge is 0.301 e. The lowest BCUT2D eigenvalue weighted by Crippen LogP contribution is -2.41. The molecule has 11 heteroatoms. The fourth-order valence-corrected chi connectivity index (χ4v) is 7.37. The maximum atomic E-state index is 13.6. The van der Waals surface area contributed by atoms with Crippen LogP contribution < -0.4 is 4.31 Å². The predicted octanol–water partition coefficient (Wildman–Crippen LogP) is 5.13. The minimum absolute atomic E-state index is 0.115. The summed E-state index contributed by atoms with van der Waals surface area (Å²) in [6.07, 6.45) is 2.21. The Morgan fingerprint density at radius 1 is 0.970 bits per heavy atom. The second kappa shape index (κ2) is 11.1. The van der Waals surface area contributed by atoms with Crippen molar-refractivity contribution in [1.82, 2.24) is 4.90 Å². The van der Waals surface area contributed by atoms with Crippen LogP contribution in [0.4, 0.5) is 5.69 Å². The number of sulfone groups is 1. The lowest BCUT2D eigenvalue weighted by molar-refractivity contribution is 0.287. The topological polar surface area (TPSA) is 74.8 Å². The summed E-state index contributed by atoms with van der Waals surface area (Å²) in [5.41, 5.74) is 0.327. The van der Waals surface area contributed by atoms with Gasteiger partial charge in [0.25, 0.3) is 10.0 Å². The van der Waals surface area contributed by atoms with Crippen LogP contribution in [0.5, 0.6) is 0 Å². The maximum absolute atomic E-state index is 13.6. The quantitative estimate of drug-likeness (QED) is 0.402. The Kier molecular flexibility index (Phi) is 8.97. The van der Waals surface area contributed by atoms with Gasteiger partial charge < -0.3 is 4.90 Å². The average molecular weight is 554 g/mol. The van der Waals surface area contributed by atoms with Crippen molar-refractivity contribution in [3.63, 3.8) is 0 Å². The number of hydrogen-bond donors (Lipinski definition) is 0. The number of sulfonamides is 1. The monoisotopic (exact) mass is 552 g/mol. The highest BCUT2D eigenvalue weighted by molar-refractivity contribution is 7.93. The number of benzene rings is 2. The molecule has 182 valence electrons. The molecular weight excluding hydrogens is 527 g/mol. The van der Waals surface area contributed by atoms with Gasteiger partial charge in [0, 0.05) is 29.2 Å². The molecular formula is C22H27Cl3N2O4S2. The molecule has 1 fully saturated rings. The number of halogens is 3. The molecule has 0 amide bonds. The van der Waals surface area contributed by atoms with E-state index in [1.54, 1.807) is 18.2 Å². The Morgan fingerprint density at radius 3 is 2.21 bits per heavy atom. The van der Waals surface area contributed by atoms with Crippen molar-refractivity contribution in [2.75, 3.05) is 35.4 Å². The molecule has 0 aliphatic carbocycles. The minimum Gasteiger partial charge on any atom is -0.301 e. The smallest absolute Gasteiger partial charge is 0.264 e. The van der Waals surface area contributed by atoms with Crippen molar-refractivity contribution in [3.05, 3.63) is 57.5 Å². The van der Waals surface area contributed by atoms with Crippen molar-refractivity contribution < 1.29 is 16.8 Å². The molecule has 0 radical (unpaired) electrons. The molecule has 0 aromatic heterocycles. The summed E-state index contributed by atoms with van der Waals surface area (Å²) in [5, 5.41) is 1.12. The Balaban J connectivity index is 1.75.